The molecule has 98 valence electrons. The Morgan fingerprint density at radius 1 is 1.21 bits per heavy atom. The fourth-order valence-corrected chi connectivity index (χ4v) is 1.49. The van der Waals surface area contributed by atoms with E-state index in [9.17, 15) is 13.6 Å². The SMILES string of the molecule is CNc1ccnc(C(=O)Nc2ccc(F)cc2F)c1. The second-order valence-electron chi connectivity index (χ2n) is 3.76. The molecule has 0 aliphatic rings. The van der Waals surface area contributed by atoms with Crippen LogP contribution in [0.25, 0.3) is 0 Å². The van der Waals surface area contributed by atoms with E-state index in [-0.39, 0.29) is 11.4 Å². The molecule has 1 heterocycles. The molecule has 2 aromatic rings. The van der Waals surface area contributed by atoms with Gasteiger partial charge in [0.15, 0.2) is 0 Å². The maximum absolute atomic E-state index is 13.4. The number of anilines is 2. The largest absolute Gasteiger partial charge is 0.388 e. The van der Waals surface area contributed by atoms with Crippen LogP contribution in [-0.2, 0) is 0 Å². The molecule has 0 saturated carbocycles. The lowest BCUT2D eigenvalue weighted by Gasteiger charge is -2.07. The summed E-state index contributed by atoms with van der Waals surface area (Å²) in [4.78, 5) is 15.7. The Morgan fingerprint density at radius 3 is 2.68 bits per heavy atom. The Kier molecular flexibility index (Phi) is 3.70. The van der Waals surface area contributed by atoms with Crippen LogP contribution >= 0.6 is 0 Å². The highest BCUT2D eigenvalue weighted by Gasteiger charge is 2.11. The molecule has 6 heteroatoms. The first-order valence-corrected chi connectivity index (χ1v) is 5.50. The number of carbonyl (C=O) groups is 1. The summed E-state index contributed by atoms with van der Waals surface area (Å²) >= 11 is 0. The molecule has 0 aliphatic heterocycles. The lowest BCUT2D eigenvalue weighted by atomic mass is 10.2. The highest BCUT2D eigenvalue weighted by Crippen LogP contribution is 2.16. The molecule has 0 aliphatic carbocycles. The number of nitrogens with one attached hydrogen (secondary N) is 2. The molecule has 2 rings (SSSR count). The number of halogens is 2. The summed E-state index contributed by atoms with van der Waals surface area (Å²) in [7, 11) is 1.71. The Bertz CT molecular complexity index is 617. The van der Waals surface area contributed by atoms with Crippen molar-refractivity contribution in [3.63, 3.8) is 0 Å². The molecule has 19 heavy (non-hydrogen) atoms. The van der Waals surface area contributed by atoms with Crippen LogP contribution in [-0.4, -0.2) is 17.9 Å². The Hall–Kier alpha value is -2.50. The van der Waals surface area contributed by atoms with Crippen molar-refractivity contribution >= 4 is 17.3 Å². The summed E-state index contributed by atoms with van der Waals surface area (Å²) in [5, 5.41) is 5.20. The first kappa shape index (κ1) is 12.9. The fraction of sp³-hybridized carbons (Fsp3) is 0.0769. The van der Waals surface area contributed by atoms with Crippen LogP contribution in [0.5, 0.6) is 0 Å². The zero-order chi connectivity index (χ0) is 13.8. The Balaban J connectivity index is 2.20. The van der Waals surface area contributed by atoms with Gasteiger partial charge in [-0.2, -0.15) is 0 Å². The lowest BCUT2D eigenvalue weighted by molar-refractivity contribution is 0.102. The van der Waals surface area contributed by atoms with E-state index in [0.717, 1.165) is 12.1 Å². The average Bonchev–Trinajstić information content (AvgIpc) is 2.42. The molecule has 0 atom stereocenters. The molecular weight excluding hydrogens is 252 g/mol. The van der Waals surface area contributed by atoms with Gasteiger partial charge in [-0.3, -0.25) is 9.78 Å². The molecule has 4 nitrogen and oxygen atoms in total. The van der Waals surface area contributed by atoms with E-state index in [4.69, 9.17) is 0 Å². The van der Waals surface area contributed by atoms with Gasteiger partial charge >= 0.3 is 0 Å². The molecule has 0 bridgehead atoms. The summed E-state index contributed by atoms with van der Waals surface area (Å²) in [5.74, 6) is -2.11. The third kappa shape index (κ3) is 3.04. The van der Waals surface area contributed by atoms with E-state index in [1.54, 1.807) is 13.1 Å². The van der Waals surface area contributed by atoms with Gasteiger partial charge in [-0.1, -0.05) is 0 Å². The number of aromatic nitrogens is 1. The predicted molar refractivity (Wildman–Crippen MR) is 68.1 cm³/mol. The zero-order valence-electron chi connectivity index (χ0n) is 10.1. The van der Waals surface area contributed by atoms with Gasteiger partial charge in [0.1, 0.15) is 17.3 Å². The van der Waals surface area contributed by atoms with Crippen molar-refractivity contribution in [2.45, 2.75) is 0 Å². The number of hydrogen-bond donors (Lipinski definition) is 2. The second kappa shape index (κ2) is 5.43. The molecular formula is C13H11F2N3O. The fourth-order valence-electron chi connectivity index (χ4n) is 1.49. The zero-order valence-corrected chi connectivity index (χ0v) is 10.1. The van der Waals surface area contributed by atoms with E-state index < -0.39 is 17.5 Å². The molecule has 0 spiro atoms. The van der Waals surface area contributed by atoms with Crippen molar-refractivity contribution in [2.75, 3.05) is 17.7 Å². The van der Waals surface area contributed by atoms with Gasteiger partial charge < -0.3 is 10.6 Å². The van der Waals surface area contributed by atoms with E-state index >= 15 is 0 Å². The van der Waals surface area contributed by atoms with Gasteiger partial charge in [-0.15, -0.1) is 0 Å². The van der Waals surface area contributed by atoms with Crippen molar-refractivity contribution in [2.24, 2.45) is 0 Å². The summed E-state index contributed by atoms with van der Waals surface area (Å²) in [6.45, 7) is 0. The minimum atomic E-state index is -0.835. The third-order valence-corrected chi connectivity index (χ3v) is 2.46. The van der Waals surface area contributed by atoms with E-state index in [2.05, 4.69) is 15.6 Å². The standard InChI is InChI=1S/C13H11F2N3O/c1-16-9-4-5-17-12(7-9)13(19)18-11-3-2-8(14)6-10(11)15/h2-7H,1H3,(H,16,17)(H,18,19). The number of nitrogens with zero attached hydrogens (tertiary/aromatic N) is 1. The molecule has 1 aromatic carbocycles. The van der Waals surface area contributed by atoms with Gasteiger partial charge in [0.25, 0.3) is 5.91 Å². The summed E-state index contributed by atoms with van der Waals surface area (Å²) in [6, 6.07) is 6.14. The minimum Gasteiger partial charge on any atom is -0.388 e. The summed E-state index contributed by atoms with van der Waals surface area (Å²) in [5.41, 5.74) is 0.748. The first-order valence-electron chi connectivity index (χ1n) is 5.50. The van der Waals surface area contributed by atoms with Crippen molar-refractivity contribution < 1.29 is 13.6 Å². The normalized spacial score (nSPS) is 10.1. The van der Waals surface area contributed by atoms with Gasteiger partial charge in [0.05, 0.1) is 5.69 Å². The van der Waals surface area contributed by atoms with E-state index in [0.29, 0.717) is 11.8 Å². The van der Waals surface area contributed by atoms with Crippen LogP contribution in [0.1, 0.15) is 10.5 Å². The van der Waals surface area contributed by atoms with Crippen LogP contribution in [0.4, 0.5) is 20.2 Å². The quantitative estimate of drug-likeness (QED) is 0.895. The van der Waals surface area contributed by atoms with Crippen LogP contribution < -0.4 is 10.6 Å². The second-order valence-corrected chi connectivity index (χ2v) is 3.76. The number of pyridine rings is 1. The monoisotopic (exact) mass is 263 g/mol. The average molecular weight is 263 g/mol. The maximum atomic E-state index is 13.4. The van der Waals surface area contributed by atoms with Crippen LogP contribution in [0.15, 0.2) is 36.5 Å². The van der Waals surface area contributed by atoms with Gasteiger partial charge in [-0.05, 0) is 24.3 Å². The molecule has 0 fully saturated rings. The minimum absolute atomic E-state index is 0.0944. The van der Waals surface area contributed by atoms with Gasteiger partial charge in [-0.25, -0.2) is 8.78 Å². The van der Waals surface area contributed by atoms with Crippen LogP contribution in [0, 0.1) is 11.6 Å². The third-order valence-electron chi connectivity index (χ3n) is 2.46. The molecule has 2 N–H and O–H groups in total. The van der Waals surface area contributed by atoms with Crippen molar-refractivity contribution in [1.82, 2.24) is 4.98 Å². The van der Waals surface area contributed by atoms with E-state index in [1.165, 1.54) is 12.3 Å². The highest BCUT2D eigenvalue weighted by atomic mass is 19.1. The molecule has 0 saturated heterocycles. The summed E-state index contributed by atoms with van der Waals surface area (Å²) < 4.78 is 26.1. The first-order chi connectivity index (χ1) is 9.10. The van der Waals surface area contributed by atoms with E-state index in [1.807, 2.05) is 0 Å². The lowest BCUT2D eigenvalue weighted by Crippen LogP contribution is -2.14. The van der Waals surface area contributed by atoms with Crippen molar-refractivity contribution in [3.8, 4) is 0 Å². The molecule has 0 unspecified atom stereocenters. The molecule has 0 radical (unpaired) electrons. The highest BCUT2D eigenvalue weighted by molar-refractivity contribution is 6.03. The molecule has 1 aromatic heterocycles. The number of carbonyl (C=O) groups excluding carboxylic acids is 1. The van der Waals surface area contributed by atoms with Gasteiger partial charge in [0.2, 0.25) is 0 Å². The van der Waals surface area contributed by atoms with Crippen LogP contribution in [0.2, 0.25) is 0 Å². The van der Waals surface area contributed by atoms with Gasteiger partial charge in [0, 0.05) is 25.0 Å². The topological polar surface area (TPSA) is 54.0 Å². The van der Waals surface area contributed by atoms with Crippen molar-refractivity contribution in [1.29, 1.82) is 0 Å². The Labute approximate surface area is 108 Å². The molecule has 1 amide bonds. The number of hydrogen-bond acceptors (Lipinski definition) is 3. The van der Waals surface area contributed by atoms with Crippen LogP contribution in [0.3, 0.4) is 0 Å². The Morgan fingerprint density at radius 2 is 2.00 bits per heavy atom. The number of amides is 1. The maximum Gasteiger partial charge on any atom is 0.274 e. The number of rotatable bonds is 3. The predicted octanol–water partition coefficient (Wildman–Crippen LogP) is 2.65. The number of benzene rings is 1. The van der Waals surface area contributed by atoms with Crippen molar-refractivity contribution in [3.05, 3.63) is 53.9 Å². The summed E-state index contributed by atoms with van der Waals surface area (Å²) in [6.07, 6.45) is 1.46. The smallest absolute Gasteiger partial charge is 0.274 e.